The second kappa shape index (κ2) is 9.43. The Labute approximate surface area is 185 Å². The second-order valence-corrected chi connectivity index (χ2v) is 11.0. The van der Waals surface area contributed by atoms with Gasteiger partial charge < -0.3 is 19.5 Å². The van der Waals surface area contributed by atoms with Crippen molar-refractivity contribution in [2.24, 2.45) is 5.92 Å². The molecule has 0 spiro atoms. The van der Waals surface area contributed by atoms with Crippen molar-refractivity contribution in [3.05, 3.63) is 84.4 Å². The average Bonchev–Trinajstić information content (AvgIpc) is 2.81. The van der Waals surface area contributed by atoms with Crippen LogP contribution in [0.5, 0.6) is 11.5 Å². The second-order valence-electron chi connectivity index (χ2n) is 8.17. The van der Waals surface area contributed by atoms with Crippen LogP contribution in [-0.2, 0) is 4.57 Å². The Hall–Kier alpha value is -2.69. The van der Waals surface area contributed by atoms with Crippen molar-refractivity contribution in [2.45, 2.75) is 31.5 Å². The van der Waals surface area contributed by atoms with E-state index in [-0.39, 0.29) is 17.8 Å². The number of aromatic hydroxyl groups is 1. The standard InChI is InChI=1S/C25H25F2O4P/c26-20-14-22(28)24(15-21(20)27)31-23-13-7-8-17(25(23)29)16-32(30,18-9-3-1-4-10-18)19-11-5-2-6-12-19/h1-6,9-12,14-15,17,23,25,28-29H,7-8,13,16H2/t17-,23?,25-/m1/s1. The summed E-state index contributed by atoms with van der Waals surface area (Å²) in [6, 6.07) is 19.9. The van der Waals surface area contributed by atoms with Gasteiger partial charge in [0.1, 0.15) is 13.2 Å². The molecule has 0 bridgehead atoms. The summed E-state index contributed by atoms with van der Waals surface area (Å²) in [5.74, 6) is -3.39. The molecular weight excluding hydrogens is 433 g/mol. The molecule has 0 aromatic heterocycles. The van der Waals surface area contributed by atoms with E-state index >= 15 is 0 Å². The number of phenols is 1. The van der Waals surface area contributed by atoms with Gasteiger partial charge in [0.25, 0.3) is 0 Å². The van der Waals surface area contributed by atoms with E-state index in [1.807, 2.05) is 60.7 Å². The van der Waals surface area contributed by atoms with Gasteiger partial charge >= 0.3 is 0 Å². The molecule has 1 fully saturated rings. The molecule has 3 aromatic carbocycles. The molecule has 7 heteroatoms. The quantitative estimate of drug-likeness (QED) is 0.531. The van der Waals surface area contributed by atoms with E-state index in [2.05, 4.69) is 0 Å². The van der Waals surface area contributed by atoms with Crippen LogP contribution >= 0.6 is 7.14 Å². The molecular formula is C25H25F2O4P. The van der Waals surface area contributed by atoms with Crippen molar-refractivity contribution < 1.29 is 28.3 Å². The van der Waals surface area contributed by atoms with Crippen molar-refractivity contribution in [3.8, 4) is 11.5 Å². The predicted molar refractivity (Wildman–Crippen MR) is 120 cm³/mol. The van der Waals surface area contributed by atoms with Gasteiger partial charge in [-0.25, -0.2) is 8.78 Å². The Morgan fingerprint density at radius 2 is 1.47 bits per heavy atom. The SMILES string of the molecule is O=P(C[C@H]1CCCC(Oc2cc(F)c(F)cc2O)[C@@H]1O)(c1ccccc1)c1ccccc1. The highest BCUT2D eigenvalue weighted by atomic mass is 31.2. The van der Waals surface area contributed by atoms with Gasteiger partial charge in [-0.05, 0) is 25.2 Å². The maximum absolute atomic E-state index is 14.3. The lowest BCUT2D eigenvalue weighted by molar-refractivity contribution is -0.0254. The van der Waals surface area contributed by atoms with Crippen molar-refractivity contribution in [3.63, 3.8) is 0 Å². The number of benzene rings is 3. The maximum atomic E-state index is 14.3. The Bertz CT molecular complexity index is 1060. The zero-order valence-electron chi connectivity index (χ0n) is 17.4. The molecule has 4 rings (SSSR count). The lowest BCUT2D eigenvalue weighted by Crippen LogP contribution is -2.43. The minimum absolute atomic E-state index is 0.220. The number of aliphatic hydroxyl groups is 1. The minimum Gasteiger partial charge on any atom is -0.504 e. The van der Waals surface area contributed by atoms with Gasteiger partial charge in [0, 0.05) is 28.9 Å². The van der Waals surface area contributed by atoms with Crippen molar-refractivity contribution in [1.82, 2.24) is 0 Å². The Kier molecular flexibility index (Phi) is 6.63. The molecule has 0 radical (unpaired) electrons. The summed E-state index contributed by atoms with van der Waals surface area (Å²) >= 11 is 0. The van der Waals surface area contributed by atoms with Crippen molar-refractivity contribution in [1.29, 1.82) is 0 Å². The largest absolute Gasteiger partial charge is 0.504 e. The number of ether oxygens (including phenoxy) is 1. The molecule has 1 saturated carbocycles. The molecule has 3 atom stereocenters. The van der Waals surface area contributed by atoms with Gasteiger partial charge in [0.05, 0.1) is 6.10 Å². The first kappa shape index (κ1) is 22.5. The molecule has 3 aromatic rings. The summed E-state index contributed by atoms with van der Waals surface area (Å²) in [6.07, 6.45) is 0.402. The lowest BCUT2D eigenvalue weighted by Gasteiger charge is -2.36. The zero-order chi connectivity index (χ0) is 22.7. The van der Waals surface area contributed by atoms with Crippen LogP contribution in [0.2, 0.25) is 0 Å². The summed E-state index contributed by atoms with van der Waals surface area (Å²) in [6.45, 7) is 0. The first-order valence-electron chi connectivity index (χ1n) is 10.6. The van der Waals surface area contributed by atoms with Crippen molar-refractivity contribution >= 4 is 17.8 Å². The van der Waals surface area contributed by atoms with E-state index in [4.69, 9.17) is 4.74 Å². The highest BCUT2D eigenvalue weighted by Crippen LogP contribution is 2.48. The van der Waals surface area contributed by atoms with E-state index in [1.165, 1.54) is 0 Å². The normalized spacial score (nSPS) is 21.3. The highest BCUT2D eigenvalue weighted by molar-refractivity contribution is 7.78. The third kappa shape index (κ3) is 4.57. The van der Waals surface area contributed by atoms with Gasteiger partial charge in [0.15, 0.2) is 23.1 Å². The van der Waals surface area contributed by atoms with Gasteiger partial charge in [-0.1, -0.05) is 60.7 Å². The first-order valence-corrected chi connectivity index (χ1v) is 12.5. The molecule has 1 aliphatic carbocycles. The smallest absolute Gasteiger partial charge is 0.164 e. The van der Waals surface area contributed by atoms with Crippen LogP contribution in [0.25, 0.3) is 0 Å². The number of aliphatic hydroxyl groups excluding tert-OH is 1. The van der Waals surface area contributed by atoms with Crippen LogP contribution in [-0.4, -0.2) is 28.6 Å². The highest BCUT2D eigenvalue weighted by Gasteiger charge is 2.39. The van der Waals surface area contributed by atoms with Crippen LogP contribution in [0.1, 0.15) is 19.3 Å². The third-order valence-corrected chi connectivity index (χ3v) is 9.29. The fourth-order valence-corrected chi connectivity index (χ4v) is 7.44. The molecule has 0 saturated heterocycles. The molecule has 0 amide bonds. The number of rotatable bonds is 6. The summed E-state index contributed by atoms with van der Waals surface area (Å²) in [5.41, 5.74) is 0. The molecule has 4 nitrogen and oxygen atoms in total. The molecule has 1 aliphatic rings. The molecule has 32 heavy (non-hydrogen) atoms. The number of phenolic OH excluding ortho intramolecular Hbond substituents is 1. The number of halogens is 2. The van der Waals surface area contributed by atoms with Crippen LogP contribution in [0.3, 0.4) is 0 Å². The Balaban J connectivity index is 1.60. The molecule has 0 aliphatic heterocycles. The number of hydrogen-bond donors (Lipinski definition) is 2. The topological polar surface area (TPSA) is 66.8 Å². The first-order chi connectivity index (χ1) is 15.4. The van der Waals surface area contributed by atoms with E-state index in [1.54, 1.807) is 0 Å². The summed E-state index contributed by atoms with van der Waals surface area (Å²) in [7, 11) is -3.04. The summed E-state index contributed by atoms with van der Waals surface area (Å²) in [5, 5.41) is 22.4. The van der Waals surface area contributed by atoms with E-state index < -0.39 is 36.7 Å². The maximum Gasteiger partial charge on any atom is 0.164 e. The lowest BCUT2D eigenvalue weighted by atomic mass is 9.85. The predicted octanol–water partition coefficient (Wildman–Crippen LogP) is 4.59. The van der Waals surface area contributed by atoms with Gasteiger partial charge in [-0.15, -0.1) is 0 Å². The average molecular weight is 458 g/mol. The van der Waals surface area contributed by atoms with Crippen molar-refractivity contribution in [2.75, 3.05) is 6.16 Å². The Morgan fingerprint density at radius 1 is 0.906 bits per heavy atom. The van der Waals surface area contributed by atoms with Crippen LogP contribution in [0.4, 0.5) is 8.78 Å². The van der Waals surface area contributed by atoms with E-state index in [9.17, 15) is 23.6 Å². The Morgan fingerprint density at radius 3 is 2.06 bits per heavy atom. The van der Waals surface area contributed by atoms with Gasteiger partial charge in [0.2, 0.25) is 0 Å². The summed E-state index contributed by atoms with van der Waals surface area (Å²) in [4.78, 5) is 0. The number of hydrogen-bond acceptors (Lipinski definition) is 4. The van der Waals surface area contributed by atoms with Gasteiger partial charge in [-0.3, -0.25) is 0 Å². The molecule has 1 unspecified atom stereocenters. The minimum atomic E-state index is -3.04. The molecule has 0 heterocycles. The van der Waals surface area contributed by atoms with E-state index in [0.717, 1.165) is 16.7 Å². The van der Waals surface area contributed by atoms with Crippen LogP contribution < -0.4 is 15.3 Å². The van der Waals surface area contributed by atoms with Gasteiger partial charge in [-0.2, -0.15) is 0 Å². The third-order valence-electron chi connectivity index (χ3n) is 6.05. The van der Waals surface area contributed by atoms with E-state index in [0.29, 0.717) is 25.3 Å². The molecule has 2 N–H and O–H groups in total. The molecule has 168 valence electrons. The fraction of sp³-hybridized carbons (Fsp3) is 0.280. The van der Waals surface area contributed by atoms with Crippen LogP contribution in [0, 0.1) is 17.6 Å². The fourth-order valence-electron chi connectivity index (χ4n) is 4.36. The zero-order valence-corrected chi connectivity index (χ0v) is 18.3. The monoisotopic (exact) mass is 458 g/mol. The van der Waals surface area contributed by atoms with Crippen LogP contribution in [0.15, 0.2) is 72.8 Å². The summed E-state index contributed by atoms with van der Waals surface area (Å²) < 4.78 is 47.0.